The van der Waals surface area contributed by atoms with Gasteiger partial charge >= 0.3 is 17.9 Å². The number of ether oxygens (including phenoxy) is 3. The van der Waals surface area contributed by atoms with E-state index in [4.69, 9.17) is 0 Å². The van der Waals surface area contributed by atoms with E-state index in [0.29, 0.717) is 13.0 Å². The standard InChI is InChI=1S/C11H17NO6/c1-16-9(13)5-4-6-12-8(11(15)18-3)7-10(14)17-2/h7,12H,4-6H2,1-3H3/b8-7+. The molecular formula is C11H17NO6. The normalized spacial score (nSPS) is 10.5. The second-order valence-corrected chi connectivity index (χ2v) is 3.18. The van der Waals surface area contributed by atoms with E-state index in [2.05, 4.69) is 19.5 Å². The molecule has 0 aliphatic rings. The molecule has 0 aromatic rings. The highest BCUT2D eigenvalue weighted by molar-refractivity contribution is 5.95. The van der Waals surface area contributed by atoms with Gasteiger partial charge in [0.25, 0.3) is 0 Å². The van der Waals surface area contributed by atoms with Crippen LogP contribution in [0.4, 0.5) is 0 Å². The molecule has 0 aliphatic carbocycles. The lowest BCUT2D eigenvalue weighted by Gasteiger charge is -2.08. The van der Waals surface area contributed by atoms with Crippen molar-refractivity contribution in [1.82, 2.24) is 5.32 Å². The Morgan fingerprint density at radius 2 is 1.72 bits per heavy atom. The number of methoxy groups -OCH3 is 3. The average molecular weight is 259 g/mol. The molecule has 0 aromatic heterocycles. The van der Waals surface area contributed by atoms with Crippen molar-refractivity contribution in [2.75, 3.05) is 27.9 Å². The maximum atomic E-state index is 11.3. The van der Waals surface area contributed by atoms with Gasteiger partial charge in [-0.15, -0.1) is 0 Å². The molecule has 18 heavy (non-hydrogen) atoms. The molecule has 0 aliphatic heterocycles. The van der Waals surface area contributed by atoms with Crippen LogP contribution in [0, 0.1) is 0 Å². The van der Waals surface area contributed by atoms with Crippen LogP contribution in [0.25, 0.3) is 0 Å². The first-order valence-electron chi connectivity index (χ1n) is 5.23. The number of nitrogens with one attached hydrogen (secondary N) is 1. The third kappa shape index (κ3) is 6.51. The quantitative estimate of drug-likeness (QED) is 0.292. The smallest absolute Gasteiger partial charge is 0.354 e. The van der Waals surface area contributed by atoms with Gasteiger partial charge in [0, 0.05) is 13.0 Å². The molecule has 0 spiro atoms. The van der Waals surface area contributed by atoms with Crippen molar-refractivity contribution in [1.29, 1.82) is 0 Å². The third-order valence-corrected chi connectivity index (χ3v) is 1.97. The van der Waals surface area contributed by atoms with E-state index in [0.717, 1.165) is 6.08 Å². The van der Waals surface area contributed by atoms with Gasteiger partial charge in [0.05, 0.1) is 27.4 Å². The van der Waals surface area contributed by atoms with Crippen molar-refractivity contribution in [2.24, 2.45) is 0 Å². The summed E-state index contributed by atoms with van der Waals surface area (Å²) in [5, 5.41) is 2.69. The average Bonchev–Trinajstić information content (AvgIpc) is 2.40. The Morgan fingerprint density at radius 3 is 2.22 bits per heavy atom. The Kier molecular flexibility index (Phi) is 8.00. The van der Waals surface area contributed by atoms with Gasteiger partial charge < -0.3 is 19.5 Å². The van der Waals surface area contributed by atoms with Gasteiger partial charge in [-0.2, -0.15) is 0 Å². The molecule has 1 N–H and O–H groups in total. The molecule has 0 amide bonds. The van der Waals surface area contributed by atoms with Gasteiger partial charge in [-0.25, -0.2) is 9.59 Å². The first-order chi connectivity index (χ1) is 8.54. The largest absolute Gasteiger partial charge is 0.469 e. The molecule has 0 rings (SSSR count). The zero-order valence-electron chi connectivity index (χ0n) is 10.6. The Bertz CT molecular complexity index is 336. The van der Waals surface area contributed by atoms with Crippen LogP contribution in [0.2, 0.25) is 0 Å². The summed E-state index contributed by atoms with van der Waals surface area (Å²) in [4.78, 5) is 33.1. The maximum absolute atomic E-state index is 11.3. The van der Waals surface area contributed by atoms with Crippen LogP contribution in [0.1, 0.15) is 12.8 Å². The number of esters is 3. The van der Waals surface area contributed by atoms with Gasteiger partial charge in [-0.3, -0.25) is 4.79 Å². The second kappa shape index (κ2) is 9.03. The number of hydrogen-bond acceptors (Lipinski definition) is 7. The molecule has 7 nitrogen and oxygen atoms in total. The summed E-state index contributed by atoms with van der Waals surface area (Å²) >= 11 is 0. The summed E-state index contributed by atoms with van der Waals surface area (Å²) in [5.41, 5.74) is -0.0192. The fraction of sp³-hybridized carbons (Fsp3) is 0.545. The SMILES string of the molecule is COC(=O)/C=C(/NCCCC(=O)OC)C(=O)OC. The number of rotatable bonds is 7. The van der Waals surface area contributed by atoms with Gasteiger partial charge in [-0.05, 0) is 6.42 Å². The van der Waals surface area contributed by atoms with Crippen LogP contribution in [-0.2, 0) is 28.6 Å². The molecule has 0 radical (unpaired) electrons. The van der Waals surface area contributed by atoms with Gasteiger partial charge in [-0.1, -0.05) is 0 Å². The minimum Gasteiger partial charge on any atom is -0.469 e. The monoisotopic (exact) mass is 259 g/mol. The summed E-state index contributed by atoms with van der Waals surface area (Å²) in [6, 6.07) is 0. The summed E-state index contributed by atoms with van der Waals surface area (Å²) in [7, 11) is 3.70. The maximum Gasteiger partial charge on any atom is 0.354 e. The molecule has 0 heterocycles. The van der Waals surface area contributed by atoms with E-state index in [1.165, 1.54) is 21.3 Å². The first-order valence-corrected chi connectivity index (χ1v) is 5.23. The highest BCUT2D eigenvalue weighted by Crippen LogP contribution is 1.97. The molecule has 0 atom stereocenters. The molecule has 0 aromatic carbocycles. The molecule has 7 heteroatoms. The zero-order valence-corrected chi connectivity index (χ0v) is 10.6. The number of carbonyl (C=O) groups excluding carboxylic acids is 3. The fourth-order valence-corrected chi connectivity index (χ4v) is 1.03. The van der Waals surface area contributed by atoms with E-state index in [9.17, 15) is 14.4 Å². The molecule has 0 saturated heterocycles. The predicted molar refractivity (Wildman–Crippen MR) is 61.4 cm³/mol. The summed E-state index contributed by atoms with van der Waals surface area (Å²) in [6.45, 7) is 0.326. The van der Waals surface area contributed by atoms with E-state index in [1.807, 2.05) is 0 Å². The van der Waals surface area contributed by atoms with Crippen molar-refractivity contribution in [3.63, 3.8) is 0 Å². The van der Waals surface area contributed by atoms with E-state index in [1.54, 1.807) is 0 Å². The molecule has 102 valence electrons. The summed E-state index contributed by atoms with van der Waals surface area (Å²) < 4.78 is 13.3. The van der Waals surface area contributed by atoms with Crippen LogP contribution in [0.15, 0.2) is 11.8 Å². The lowest BCUT2D eigenvalue weighted by Crippen LogP contribution is -2.24. The first kappa shape index (κ1) is 16.0. The molecular weight excluding hydrogens is 242 g/mol. The van der Waals surface area contributed by atoms with Crippen molar-refractivity contribution in [2.45, 2.75) is 12.8 Å². The minimum atomic E-state index is -0.682. The van der Waals surface area contributed by atoms with Gasteiger partial charge in [0.2, 0.25) is 0 Å². The van der Waals surface area contributed by atoms with Crippen LogP contribution >= 0.6 is 0 Å². The summed E-state index contributed by atoms with van der Waals surface area (Å²) in [6.07, 6.45) is 1.67. The van der Waals surface area contributed by atoms with Crippen LogP contribution in [-0.4, -0.2) is 45.8 Å². The van der Waals surface area contributed by atoms with E-state index < -0.39 is 11.9 Å². The molecule has 0 unspecified atom stereocenters. The topological polar surface area (TPSA) is 90.9 Å². The van der Waals surface area contributed by atoms with Crippen molar-refractivity contribution in [3.8, 4) is 0 Å². The van der Waals surface area contributed by atoms with Crippen molar-refractivity contribution in [3.05, 3.63) is 11.8 Å². The Hall–Kier alpha value is -2.05. The Labute approximate surface area is 105 Å². The Morgan fingerprint density at radius 1 is 1.06 bits per heavy atom. The van der Waals surface area contributed by atoms with Crippen molar-refractivity contribution >= 4 is 17.9 Å². The molecule has 0 saturated carbocycles. The van der Waals surface area contributed by atoms with Crippen LogP contribution < -0.4 is 5.32 Å². The molecule has 0 fully saturated rings. The minimum absolute atomic E-state index is 0.0192. The summed E-state index contributed by atoms with van der Waals surface area (Å²) in [5.74, 6) is -1.69. The van der Waals surface area contributed by atoms with E-state index in [-0.39, 0.29) is 18.1 Å². The second-order valence-electron chi connectivity index (χ2n) is 3.18. The zero-order chi connectivity index (χ0) is 14.0. The van der Waals surface area contributed by atoms with Crippen LogP contribution in [0.5, 0.6) is 0 Å². The number of carbonyl (C=O) groups is 3. The highest BCUT2D eigenvalue weighted by atomic mass is 16.5. The Balaban J connectivity index is 4.27. The van der Waals surface area contributed by atoms with Crippen LogP contribution in [0.3, 0.4) is 0 Å². The lowest BCUT2D eigenvalue weighted by atomic mass is 10.3. The fourth-order valence-electron chi connectivity index (χ4n) is 1.03. The molecule has 0 bridgehead atoms. The highest BCUT2D eigenvalue weighted by Gasteiger charge is 2.11. The van der Waals surface area contributed by atoms with Gasteiger partial charge in [0.1, 0.15) is 5.70 Å². The number of hydrogen-bond donors (Lipinski definition) is 1. The lowest BCUT2D eigenvalue weighted by molar-refractivity contribution is -0.140. The van der Waals surface area contributed by atoms with Crippen molar-refractivity contribution < 1.29 is 28.6 Å². The predicted octanol–water partition coefficient (Wildman–Crippen LogP) is -0.241. The van der Waals surface area contributed by atoms with Gasteiger partial charge in [0.15, 0.2) is 0 Å². The third-order valence-electron chi connectivity index (χ3n) is 1.97. The van der Waals surface area contributed by atoms with E-state index >= 15 is 0 Å².